The maximum Gasteiger partial charge on any atom is 0.150 e. The first-order chi connectivity index (χ1) is 12.5. The van der Waals surface area contributed by atoms with Crippen LogP contribution in [0.5, 0.6) is 0 Å². The molecule has 2 aromatic carbocycles. The number of anilines is 1. The van der Waals surface area contributed by atoms with Gasteiger partial charge < -0.3 is 4.74 Å². The van der Waals surface area contributed by atoms with E-state index in [-0.39, 0.29) is 14.9 Å². The van der Waals surface area contributed by atoms with Crippen LogP contribution in [0.1, 0.15) is 0 Å². The van der Waals surface area contributed by atoms with Gasteiger partial charge in [0.1, 0.15) is 27.8 Å². The maximum atomic E-state index is 13.3. The summed E-state index contributed by atoms with van der Waals surface area (Å²) in [5, 5.41) is 0.476. The highest BCUT2D eigenvalue weighted by molar-refractivity contribution is 7.86. The summed E-state index contributed by atoms with van der Waals surface area (Å²) in [6.45, 7) is 2.02. The van der Waals surface area contributed by atoms with Crippen molar-refractivity contribution < 1.29 is 17.5 Å². The number of hydrogen-bond donors (Lipinski definition) is 1. The van der Waals surface area contributed by atoms with Crippen molar-refractivity contribution in [2.45, 2.75) is 9.79 Å². The second-order valence-corrected chi connectivity index (χ2v) is 8.86. The molecule has 2 unspecified atom stereocenters. The van der Waals surface area contributed by atoms with Gasteiger partial charge in [-0.05, 0) is 30.3 Å². The first kappa shape index (κ1) is 19.7. The van der Waals surface area contributed by atoms with Crippen molar-refractivity contribution in [2.75, 3.05) is 31.0 Å². The van der Waals surface area contributed by atoms with E-state index in [1.54, 1.807) is 4.31 Å². The lowest BCUT2D eigenvalue weighted by molar-refractivity contribution is 0.0752. The average Bonchev–Trinajstić information content (AvgIpc) is 2.64. The fraction of sp³-hybridized carbons (Fsp3) is 0.250. The molecule has 140 valence electrons. The van der Waals surface area contributed by atoms with Crippen LogP contribution in [0.2, 0.25) is 10.0 Å². The minimum Gasteiger partial charge on any atom is -0.379 e. The fourth-order valence-corrected chi connectivity index (χ4v) is 5.13. The molecule has 2 atom stereocenters. The van der Waals surface area contributed by atoms with E-state index in [9.17, 15) is 12.8 Å². The molecule has 0 saturated carbocycles. The van der Waals surface area contributed by atoms with Crippen LogP contribution in [0.15, 0.2) is 46.2 Å². The van der Waals surface area contributed by atoms with E-state index in [0.717, 1.165) is 0 Å². The molecule has 1 saturated heterocycles. The van der Waals surface area contributed by atoms with E-state index in [0.29, 0.717) is 36.9 Å². The van der Waals surface area contributed by atoms with Crippen molar-refractivity contribution in [1.82, 2.24) is 4.31 Å². The molecule has 0 radical (unpaired) electrons. The molecular weight excluding hydrogens is 422 g/mol. The summed E-state index contributed by atoms with van der Waals surface area (Å²) in [6, 6.07) is 8.38. The van der Waals surface area contributed by atoms with E-state index in [2.05, 4.69) is 4.72 Å². The second kappa shape index (κ2) is 8.77. The smallest absolute Gasteiger partial charge is 0.150 e. The molecule has 3 rings (SSSR count). The number of morpholine rings is 1. The van der Waals surface area contributed by atoms with Crippen LogP contribution < -0.4 is 4.72 Å². The van der Waals surface area contributed by atoms with E-state index >= 15 is 0 Å². The quantitative estimate of drug-likeness (QED) is 0.778. The van der Waals surface area contributed by atoms with Gasteiger partial charge in [0.15, 0.2) is 0 Å². The molecule has 0 spiro atoms. The van der Waals surface area contributed by atoms with Crippen molar-refractivity contribution in [2.24, 2.45) is 0 Å². The van der Waals surface area contributed by atoms with Crippen molar-refractivity contribution in [3.8, 4) is 0 Å². The van der Waals surface area contributed by atoms with Gasteiger partial charge in [0.25, 0.3) is 0 Å². The predicted octanol–water partition coefficient (Wildman–Crippen LogP) is 3.62. The molecular formula is C16H15Cl2FN2O3S2. The lowest BCUT2D eigenvalue weighted by Crippen LogP contribution is -2.37. The molecule has 5 nitrogen and oxygen atoms in total. The summed E-state index contributed by atoms with van der Waals surface area (Å²) in [5.74, 6) is -0.492. The van der Waals surface area contributed by atoms with Gasteiger partial charge in [-0.3, -0.25) is 4.72 Å². The summed E-state index contributed by atoms with van der Waals surface area (Å²) >= 11 is 12.4. The Morgan fingerprint density at radius 1 is 1.08 bits per heavy atom. The minimum absolute atomic E-state index is 0.225. The summed E-state index contributed by atoms with van der Waals surface area (Å²) < 4.78 is 48.2. The van der Waals surface area contributed by atoms with Gasteiger partial charge in [-0.2, -0.15) is 0 Å². The van der Waals surface area contributed by atoms with Crippen LogP contribution in [-0.2, 0) is 26.7 Å². The number of hydrogen-bond acceptors (Lipinski definition) is 3. The highest BCUT2D eigenvalue weighted by Crippen LogP contribution is 2.33. The third kappa shape index (κ3) is 4.62. The molecule has 0 aliphatic carbocycles. The standard InChI is InChI=1S/C16H15Cl2FN2O3S2/c17-13-9-14(18)16(26(23)21-4-6-24-7-5-21)10-15(13)20-25(22)12-3-1-2-11(19)8-12/h1-3,8-10,20H,4-7H2. The van der Waals surface area contributed by atoms with Crippen molar-refractivity contribution in [1.29, 1.82) is 0 Å². The van der Waals surface area contributed by atoms with E-state index in [1.165, 1.54) is 36.4 Å². The lowest BCUT2D eigenvalue weighted by atomic mass is 10.3. The fourth-order valence-electron chi connectivity index (χ4n) is 2.33. The van der Waals surface area contributed by atoms with E-state index in [4.69, 9.17) is 27.9 Å². The monoisotopic (exact) mass is 436 g/mol. The van der Waals surface area contributed by atoms with Gasteiger partial charge in [0, 0.05) is 13.1 Å². The number of ether oxygens (including phenoxy) is 1. The average molecular weight is 437 g/mol. The van der Waals surface area contributed by atoms with Gasteiger partial charge in [-0.1, -0.05) is 29.3 Å². The molecule has 1 aliphatic heterocycles. The zero-order valence-electron chi connectivity index (χ0n) is 13.4. The van der Waals surface area contributed by atoms with E-state index in [1.807, 2.05) is 0 Å². The van der Waals surface area contributed by atoms with Crippen LogP contribution >= 0.6 is 23.2 Å². The normalized spacial score (nSPS) is 17.7. The molecule has 2 aromatic rings. The molecule has 1 fully saturated rings. The largest absolute Gasteiger partial charge is 0.379 e. The predicted molar refractivity (Wildman–Crippen MR) is 102 cm³/mol. The number of nitrogens with zero attached hydrogens (tertiary/aromatic N) is 1. The molecule has 1 aliphatic rings. The maximum absolute atomic E-state index is 13.3. The zero-order valence-corrected chi connectivity index (χ0v) is 16.6. The Balaban J connectivity index is 1.85. The van der Waals surface area contributed by atoms with E-state index < -0.39 is 27.8 Å². The lowest BCUT2D eigenvalue weighted by Gasteiger charge is -2.26. The first-order valence-corrected chi connectivity index (χ1v) is 10.6. The number of rotatable bonds is 5. The van der Waals surface area contributed by atoms with Crippen LogP contribution in [0.4, 0.5) is 10.1 Å². The molecule has 1 heterocycles. The second-order valence-electron chi connectivity index (χ2n) is 5.38. The van der Waals surface area contributed by atoms with Crippen LogP contribution in [0.3, 0.4) is 0 Å². The Morgan fingerprint density at radius 3 is 2.50 bits per heavy atom. The zero-order chi connectivity index (χ0) is 18.7. The van der Waals surface area contributed by atoms with Crippen molar-refractivity contribution >= 4 is 50.9 Å². The number of halogens is 3. The van der Waals surface area contributed by atoms with Crippen LogP contribution in [-0.4, -0.2) is 39.0 Å². The van der Waals surface area contributed by atoms with Gasteiger partial charge in [0.05, 0.1) is 38.7 Å². The summed E-state index contributed by atoms with van der Waals surface area (Å²) in [4.78, 5) is 0.614. The summed E-state index contributed by atoms with van der Waals surface area (Å²) in [6.07, 6.45) is 0. The Labute approximate surface area is 165 Å². The summed E-state index contributed by atoms with van der Waals surface area (Å²) in [7, 11) is -3.24. The van der Waals surface area contributed by atoms with Gasteiger partial charge in [-0.25, -0.2) is 17.1 Å². The SMILES string of the molecule is O=S(Nc1cc(S(=O)N2CCOCC2)c(Cl)cc1Cl)c1cccc(F)c1. The molecule has 10 heteroatoms. The molecule has 1 N–H and O–H groups in total. The Bertz CT molecular complexity index is 863. The highest BCUT2D eigenvalue weighted by atomic mass is 35.5. The first-order valence-electron chi connectivity index (χ1n) is 7.63. The van der Waals surface area contributed by atoms with Crippen LogP contribution in [0.25, 0.3) is 0 Å². The van der Waals surface area contributed by atoms with Crippen molar-refractivity contribution in [3.63, 3.8) is 0 Å². The molecule has 0 amide bonds. The molecule has 26 heavy (non-hydrogen) atoms. The van der Waals surface area contributed by atoms with Gasteiger partial charge >= 0.3 is 0 Å². The Kier molecular flexibility index (Phi) is 6.65. The number of benzene rings is 2. The third-order valence-corrected chi connectivity index (χ3v) is 7.00. The summed E-state index contributed by atoms with van der Waals surface area (Å²) in [5.41, 5.74) is 0.301. The molecule has 0 bridgehead atoms. The Hall–Kier alpha value is -1.03. The van der Waals surface area contributed by atoms with Crippen LogP contribution in [0, 0.1) is 5.82 Å². The Morgan fingerprint density at radius 2 is 1.81 bits per heavy atom. The third-order valence-electron chi connectivity index (χ3n) is 3.63. The van der Waals surface area contributed by atoms with Gasteiger partial charge in [0.2, 0.25) is 0 Å². The topological polar surface area (TPSA) is 58.6 Å². The van der Waals surface area contributed by atoms with Crippen molar-refractivity contribution in [3.05, 3.63) is 52.3 Å². The molecule has 0 aromatic heterocycles. The highest BCUT2D eigenvalue weighted by Gasteiger charge is 2.22. The number of nitrogens with one attached hydrogen (secondary N) is 1. The minimum atomic E-state index is -1.74. The van der Waals surface area contributed by atoms with Gasteiger partial charge in [-0.15, -0.1) is 0 Å².